The number of nitrogens with one attached hydrogen (secondary N) is 1. The Morgan fingerprint density at radius 2 is 1.68 bits per heavy atom. The van der Waals surface area contributed by atoms with Crippen molar-refractivity contribution < 1.29 is 4.39 Å². The van der Waals surface area contributed by atoms with Crippen molar-refractivity contribution in [2.24, 2.45) is 0 Å². The second-order valence-corrected chi connectivity index (χ2v) is 9.13. The summed E-state index contributed by atoms with van der Waals surface area (Å²) < 4.78 is 14.8. The van der Waals surface area contributed by atoms with Gasteiger partial charge >= 0.3 is 0 Å². The number of H-pyrrole nitrogens is 1. The quantitative estimate of drug-likeness (QED) is 0.478. The lowest BCUT2D eigenvalue weighted by molar-refractivity contribution is 0.312. The molecule has 6 nitrogen and oxygen atoms in total. The summed E-state index contributed by atoms with van der Waals surface area (Å²) in [5.74, 6) is -0.266. The number of nitrogens with two attached hydrogens (primary N) is 1. The fraction of sp³-hybridized carbons (Fsp3) is 0.259. The topological polar surface area (TPSA) is 78.2 Å². The summed E-state index contributed by atoms with van der Waals surface area (Å²) in [4.78, 5) is 23.8. The molecule has 34 heavy (non-hydrogen) atoms. The molecule has 1 fully saturated rings. The van der Waals surface area contributed by atoms with Gasteiger partial charge in [-0.1, -0.05) is 0 Å². The Bertz CT molecular complexity index is 1430. The molecule has 0 bridgehead atoms. The van der Waals surface area contributed by atoms with E-state index < -0.39 is 11.4 Å². The number of nitrogens with zero attached hydrogens (tertiary/aromatic N) is 3. The van der Waals surface area contributed by atoms with Crippen LogP contribution in [-0.4, -0.2) is 48.1 Å². The third-order valence-corrected chi connectivity index (χ3v) is 6.70. The number of piperazine rings is 1. The van der Waals surface area contributed by atoms with Crippen LogP contribution >= 0.6 is 0 Å². The number of likely N-dealkylation sites (N-methyl/N-ethyl adjacent to an activating group) is 1. The molecule has 174 valence electrons. The monoisotopic (exact) mass is 457 g/mol. The summed E-state index contributed by atoms with van der Waals surface area (Å²) in [6.07, 6.45) is 3.27. The molecule has 1 aliphatic rings. The second kappa shape index (κ2) is 8.57. The number of halogens is 1. The predicted octanol–water partition coefficient (Wildman–Crippen LogP) is 4.35. The van der Waals surface area contributed by atoms with E-state index >= 15 is 0 Å². The number of benzene rings is 2. The number of nitrogen functional groups attached to an aromatic ring is 1. The molecule has 2 aromatic heterocycles. The van der Waals surface area contributed by atoms with Gasteiger partial charge in [-0.15, -0.1) is 0 Å². The van der Waals surface area contributed by atoms with Crippen molar-refractivity contribution in [1.29, 1.82) is 0 Å². The zero-order chi connectivity index (χ0) is 24.0. The highest BCUT2D eigenvalue weighted by molar-refractivity contribution is 5.90. The first-order valence-corrected chi connectivity index (χ1v) is 11.4. The van der Waals surface area contributed by atoms with Gasteiger partial charge in [0.05, 0.1) is 5.39 Å². The molecule has 0 amide bonds. The maximum atomic E-state index is 14.8. The van der Waals surface area contributed by atoms with Crippen LogP contribution < -0.4 is 16.2 Å². The molecular weight excluding hydrogens is 429 g/mol. The highest BCUT2D eigenvalue weighted by atomic mass is 19.1. The summed E-state index contributed by atoms with van der Waals surface area (Å²) in [6, 6.07) is 11.1. The molecule has 0 radical (unpaired) electrons. The van der Waals surface area contributed by atoms with Crippen molar-refractivity contribution in [1.82, 2.24) is 14.9 Å². The van der Waals surface area contributed by atoms with Gasteiger partial charge in [0, 0.05) is 55.4 Å². The van der Waals surface area contributed by atoms with E-state index in [1.54, 1.807) is 18.3 Å². The molecule has 0 aliphatic carbocycles. The number of aromatic nitrogens is 2. The number of fused-ring (bicyclic) bond motifs is 1. The summed E-state index contributed by atoms with van der Waals surface area (Å²) in [7, 11) is 2.16. The van der Waals surface area contributed by atoms with Gasteiger partial charge in [-0.05, 0) is 84.9 Å². The van der Waals surface area contributed by atoms with Crippen molar-refractivity contribution in [3.05, 3.63) is 76.1 Å². The smallest absolute Gasteiger partial charge is 0.258 e. The first-order valence-electron chi connectivity index (χ1n) is 11.4. The lowest BCUT2D eigenvalue weighted by Gasteiger charge is -2.36. The van der Waals surface area contributed by atoms with E-state index in [0.29, 0.717) is 22.3 Å². The van der Waals surface area contributed by atoms with Crippen LogP contribution in [0.3, 0.4) is 0 Å². The summed E-state index contributed by atoms with van der Waals surface area (Å²) >= 11 is 0. The highest BCUT2D eigenvalue weighted by Crippen LogP contribution is 2.35. The van der Waals surface area contributed by atoms with Crippen LogP contribution in [0.4, 0.5) is 15.9 Å². The van der Waals surface area contributed by atoms with Gasteiger partial charge in [-0.2, -0.15) is 0 Å². The molecule has 5 rings (SSSR count). The third-order valence-electron chi connectivity index (χ3n) is 6.70. The lowest BCUT2D eigenvalue weighted by Crippen LogP contribution is -2.45. The SMILES string of the molecule is Cc1cc(-c2cnc(N)c(-c3cc(F)c4c(=O)[nH]ccc4c3)c2)cc(C)c1N1CCN(C)CC1. The van der Waals surface area contributed by atoms with Crippen LogP contribution in [0.25, 0.3) is 33.0 Å². The van der Waals surface area contributed by atoms with E-state index in [-0.39, 0.29) is 5.39 Å². The maximum Gasteiger partial charge on any atom is 0.258 e. The third kappa shape index (κ3) is 3.92. The molecule has 0 unspecified atom stereocenters. The van der Waals surface area contributed by atoms with E-state index in [4.69, 9.17) is 5.73 Å². The molecule has 3 N–H and O–H groups in total. The Kier molecular flexibility index (Phi) is 5.57. The van der Waals surface area contributed by atoms with Gasteiger partial charge in [-0.3, -0.25) is 4.79 Å². The summed E-state index contributed by atoms with van der Waals surface area (Å²) in [6.45, 7) is 8.43. The van der Waals surface area contributed by atoms with E-state index in [1.807, 2.05) is 6.07 Å². The summed E-state index contributed by atoms with van der Waals surface area (Å²) in [5, 5.41) is 0.562. The van der Waals surface area contributed by atoms with Gasteiger partial charge in [0.1, 0.15) is 11.6 Å². The average Bonchev–Trinajstić information content (AvgIpc) is 2.80. The lowest BCUT2D eigenvalue weighted by atomic mass is 9.96. The van der Waals surface area contributed by atoms with Crippen LogP contribution in [-0.2, 0) is 0 Å². The van der Waals surface area contributed by atoms with E-state index in [1.165, 1.54) is 29.1 Å². The molecule has 2 aromatic carbocycles. The van der Waals surface area contributed by atoms with Crippen molar-refractivity contribution in [3.63, 3.8) is 0 Å². The van der Waals surface area contributed by atoms with Gasteiger partial charge in [0.2, 0.25) is 0 Å². The molecule has 0 atom stereocenters. The molecule has 3 heterocycles. The van der Waals surface area contributed by atoms with E-state index in [2.05, 4.69) is 52.8 Å². The van der Waals surface area contributed by atoms with Crippen LogP contribution in [0, 0.1) is 19.7 Å². The number of pyridine rings is 2. The number of aromatic amines is 1. The van der Waals surface area contributed by atoms with Gasteiger partial charge < -0.3 is 20.5 Å². The van der Waals surface area contributed by atoms with E-state index in [9.17, 15) is 9.18 Å². The maximum absolute atomic E-state index is 14.8. The Labute approximate surface area is 197 Å². The van der Waals surface area contributed by atoms with Crippen molar-refractivity contribution in [3.8, 4) is 22.3 Å². The Morgan fingerprint density at radius 3 is 2.38 bits per heavy atom. The minimum Gasteiger partial charge on any atom is -0.383 e. The number of hydrogen-bond donors (Lipinski definition) is 2. The average molecular weight is 458 g/mol. The molecule has 1 aliphatic heterocycles. The Balaban J connectivity index is 1.56. The zero-order valence-corrected chi connectivity index (χ0v) is 19.7. The van der Waals surface area contributed by atoms with Crippen LogP contribution in [0.5, 0.6) is 0 Å². The second-order valence-electron chi connectivity index (χ2n) is 9.13. The zero-order valence-electron chi connectivity index (χ0n) is 19.7. The number of aryl methyl sites for hydroxylation is 2. The Morgan fingerprint density at radius 1 is 0.971 bits per heavy atom. The minimum atomic E-state index is -0.581. The van der Waals surface area contributed by atoms with Crippen molar-refractivity contribution in [2.45, 2.75) is 13.8 Å². The van der Waals surface area contributed by atoms with E-state index in [0.717, 1.165) is 37.3 Å². The molecule has 4 aromatic rings. The fourth-order valence-corrected chi connectivity index (χ4v) is 4.95. The van der Waals surface area contributed by atoms with Gasteiger partial charge in [0.25, 0.3) is 5.56 Å². The molecule has 0 saturated carbocycles. The van der Waals surface area contributed by atoms with Crippen LogP contribution in [0.1, 0.15) is 11.1 Å². The first-order chi connectivity index (χ1) is 16.3. The van der Waals surface area contributed by atoms with Crippen LogP contribution in [0.15, 0.2) is 53.6 Å². The normalized spacial score (nSPS) is 14.6. The van der Waals surface area contributed by atoms with Gasteiger partial charge in [0.15, 0.2) is 0 Å². The van der Waals surface area contributed by atoms with Crippen molar-refractivity contribution >= 4 is 22.3 Å². The highest BCUT2D eigenvalue weighted by Gasteiger charge is 2.19. The van der Waals surface area contributed by atoms with Crippen LogP contribution in [0.2, 0.25) is 0 Å². The standard InChI is InChI=1S/C27H28FN5O/c1-16-10-19(11-17(2)25(16)33-8-6-32(3)7-9-33)21-13-22(26(29)31-15-21)20-12-18-4-5-30-27(34)24(18)23(28)14-20/h4-5,10-15H,6-9H2,1-3H3,(H2,29,31)(H,30,34). The minimum absolute atomic E-state index is 0.0414. The number of hydrogen-bond acceptors (Lipinski definition) is 5. The fourth-order valence-electron chi connectivity index (χ4n) is 4.95. The number of rotatable bonds is 3. The summed E-state index contributed by atoms with van der Waals surface area (Å²) in [5.41, 5.74) is 12.7. The largest absolute Gasteiger partial charge is 0.383 e. The van der Waals surface area contributed by atoms with Gasteiger partial charge in [-0.25, -0.2) is 9.37 Å². The first kappa shape index (κ1) is 22.1. The molecule has 1 saturated heterocycles. The molecule has 7 heteroatoms. The Hall–Kier alpha value is -3.71. The molecular formula is C27H28FN5O. The predicted molar refractivity (Wildman–Crippen MR) is 137 cm³/mol. The number of anilines is 2. The van der Waals surface area contributed by atoms with Crippen molar-refractivity contribution in [2.75, 3.05) is 43.9 Å². The molecule has 0 spiro atoms.